The molecule has 0 amide bonds. The molecule has 0 bridgehead atoms. The van der Waals surface area contributed by atoms with Crippen LogP contribution in [0.4, 0.5) is 0 Å². The lowest BCUT2D eigenvalue weighted by atomic mass is 9.86. The first-order valence-corrected chi connectivity index (χ1v) is 6.89. The number of halogens is 1. The summed E-state index contributed by atoms with van der Waals surface area (Å²) in [6.07, 6.45) is 0. The third-order valence-electron chi connectivity index (χ3n) is 3.33. The number of hydrogen-bond acceptors (Lipinski definition) is 1. The van der Waals surface area contributed by atoms with Crippen LogP contribution >= 0.6 is 11.6 Å². The van der Waals surface area contributed by atoms with Crippen molar-refractivity contribution in [3.63, 3.8) is 0 Å². The van der Waals surface area contributed by atoms with Gasteiger partial charge in [0.15, 0.2) is 0 Å². The van der Waals surface area contributed by atoms with E-state index < -0.39 is 0 Å². The maximum absolute atomic E-state index is 6.28. The van der Waals surface area contributed by atoms with Crippen LogP contribution in [0.15, 0.2) is 42.5 Å². The van der Waals surface area contributed by atoms with Gasteiger partial charge in [-0.25, -0.2) is 0 Å². The molecule has 0 spiro atoms. The topological polar surface area (TPSA) is 26.0 Å². The van der Waals surface area contributed by atoms with Crippen molar-refractivity contribution in [2.75, 3.05) is 0 Å². The van der Waals surface area contributed by atoms with Gasteiger partial charge < -0.3 is 5.73 Å². The molecule has 0 aliphatic rings. The average Bonchev–Trinajstić information content (AvgIpc) is 2.38. The van der Waals surface area contributed by atoms with Crippen LogP contribution in [0.1, 0.15) is 31.9 Å². The Balaban J connectivity index is 2.42. The molecule has 2 heteroatoms. The van der Waals surface area contributed by atoms with Crippen LogP contribution in [0.2, 0.25) is 5.02 Å². The zero-order valence-corrected chi connectivity index (χ0v) is 12.5. The van der Waals surface area contributed by atoms with Gasteiger partial charge >= 0.3 is 0 Å². The van der Waals surface area contributed by atoms with Crippen LogP contribution in [0.3, 0.4) is 0 Å². The molecule has 0 saturated carbocycles. The van der Waals surface area contributed by atoms with E-state index in [1.807, 2.05) is 12.1 Å². The van der Waals surface area contributed by atoms with E-state index in [1.54, 1.807) is 0 Å². The standard InChI is InChI=1S/C17H20ClN/c1-17(2,3)14-7-5-13(6-8-14)15-10-12(11-19)4-9-16(15)18/h4-10H,11,19H2,1-3H3. The normalized spacial score (nSPS) is 11.6. The molecule has 0 aliphatic heterocycles. The van der Waals surface area contributed by atoms with Gasteiger partial charge in [0.25, 0.3) is 0 Å². The van der Waals surface area contributed by atoms with Crippen molar-refractivity contribution >= 4 is 11.6 Å². The molecule has 2 rings (SSSR count). The Morgan fingerprint density at radius 2 is 1.63 bits per heavy atom. The van der Waals surface area contributed by atoms with Gasteiger partial charge in [-0.1, -0.05) is 62.7 Å². The maximum atomic E-state index is 6.28. The molecule has 100 valence electrons. The van der Waals surface area contributed by atoms with Gasteiger partial charge in [0.05, 0.1) is 0 Å². The van der Waals surface area contributed by atoms with E-state index in [9.17, 15) is 0 Å². The van der Waals surface area contributed by atoms with Gasteiger partial charge in [-0.3, -0.25) is 0 Å². The van der Waals surface area contributed by atoms with Crippen molar-refractivity contribution in [1.82, 2.24) is 0 Å². The molecular formula is C17H20ClN. The lowest BCUT2D eigenvalue weighted by Gasteiger charge is -2.19. The molecule has 0 unspecified atom stereocenters. The van der Waals surface area contributed by atoms with Gasteiger partial charge in [0, 0.05) is 17.1 Å². The molecule has 0 aromatic heterocycles. The predicted octanol–water partition coefficient (Wildman–Crippen LogP) is 4.76. The Hall–Kier alpha value is -1.31. The highest BCUT2D eigenvalue weighted by atomic mass is 35.5. The highest BCUT2D eigenvalue weighted by molar-refractivity contribution is 6.33. The van der Waals surface area contributed by atoms with Crippen molar-refractivity contribution in [3.8, 4) is 11.1 Å². The molecule has 2 N–H and O–H groups in total. The average molecular weight is 274 g/mol. The Kier molecular flexibility index (Phi) is 3.98. The highest BCUT2D eigenvalue weighted by Gasteiger charge is 2.13. The number of nitrogens with two attached hydrogens (primary N) is 1. The monoisotopic (exact) mass is 273 g/mol. The van der Waals surface area contributed by atoms with E-state index in [1.165, 1.54) is 5.56 Å². The van der Waals surface area contributed by atoms with E-state index in [0.717, 1.165) is 21.7 Å². The Labute approximate surface area is 120 Å². The van der Waals surface area contributed by atoms with Crippen molar-refractivity contribution < 1.29 is 0 Å². The fourth-order valence-electron chi connectivity index (χ4n) is 2.07. The zero-order valence-electron chi connectivity index (χ0n) is 11.7. The lowest BCUT2D eigenvalue weighted by Crippen LogP contribution is -2.10. The van der Waals surface area contributed by atoms with Crippen LogP contribution < -0.4 is 5.73 Å². The summed E-state index contributed by atoms with van der Waals surface area (Å²) >= 11 is 6.28. The second kappa shape index (κ2) is 5.36. The summed E-state index contributed by atoms with van der Waals surface area (Å²) < 4.78 is 0. The van der Waals surface area contributed by atoms with E-state index in [-0.39, 0.29) is 5.41 Å². The summed E-state index contributed by atoms with van der Waals surface area (Å²) in [5.74, 6) is 0. The molecule has 0 saturated heterocycles. The van der Waals surface area contributed by atoms with Crippen LogP contribution in [0.5, 0.6) is 0 Å². The van der Waals surface area contributed by atoms with Crippen molar-refractivity contribution in [2.24, 2.45) is 5.73 Å². The largest absolute Gasteiger partial charge is 0.326 e. The first-order chi connectivity index (χ1) is 8.91. The fourth-order valence-corrected chi connectivity index (χ4v) is 2.30. The van der Waals surface area contributed by atoms with E-state index in [2.05, 4.69) is 51.1 Å². The predicted molar refractivity (Wildman–Crippen MR) is 83.5 cm³/mol. The second-order valence-corrected chi connectivity index (χ2v) is 6.25. The second-order valence-electron chi connectivity index (χ2n) is 5.85. The molecular weight excluding hydrogens is 254 g/mol. The maximum Gasteiger partial charge on any atom is 0.0484 e. The van der Waals surface area contributed by atoms with Gasteiger partial charge in [-0.2, -0.15) is 0 Å². The Morgan fingerprint density at radius 1 is 1.00 bits per heavy atom. The third-order valence-corrected chi connectivity index (χ3v) is 3.66. The molecule has 0 fully saturated rings. The SMILES string of the molecule is CC(C)(C)c1ccc(-c2cc(CN)ccc2Cl)cc1. The minimum absolute atomic E-state index is 0.168. The van der Waals surface area contributed by atoms with Gasteiger partial charge in [-0.15, -0.1) is 0 Å². The highest BCUT2D eigenvalue weighted by Crippen LogP contribution is 2.31. The number of hydrogen-bond donors (Lipinski definition) is 1. The Bertz CT molecular complexity index is 565. The lowest BCUT2D eigenvalue weighted by molar-refractivity contribution is 0.590. The summed E-state index contributed by atoms with van der Waals surface area (Å²) in [6, 6.07) is 14.5. The summed E-state index contributed by atoms with van der Waals surface area (Å²) in [5.41, 5.74) is 10.5. The fraction of sp³-hybridized carbons (Fsp3) is 0.294. The van der Waals surface area contributed by atoms with E-state index in [0.29, 0.717) is 6.54 Å². The molecule has 0 aliphatic carbocycles. The van der Waals surface area contributed by atoms with Crippen LogP contribution in [0.25, 0.3) is 11.1 Å². The minimum Gasteiger partial charge on any atom is -0.326 e. The molecule has 0 heterocycles. The Morgan fingerprint density at radius 3 is 2.16 bits per heavy atom. The number of benzene rings is 2. The van der Waals surface area contributed by atoms with E-state index in [4.69, 9.17) is 17.3 Å². The van der Waals surface area contributed by atoms with Crippen LogP contribution in [-0.2, 0) is 12.0 Å². The summed E-state index contributed by atoms with van der Waals surface area (Å²) in [4.78, 5) is 0. The van der Waals surface area contributed by atoms with Gasteiger partial charge in [0.1, 0.15) is 0 Å². The first-order valence-electron chi connectivity index (χ1n) is 6.51. The van der Waals surface area contributed by atoms with Gasteiger partial charge in [-0.05, 0) is 34.2 Å². The first kappa shape index (κ1) is 14.1. The molecule has 0 radical (unpaired) electrons. The zero-order chi connectivity index (χ0) is 14.0. The smallest absolute Gasteiger partial charge is 0.0484 e. The quantitative estimate of drug-likeness (QED) is 0.838. The van der Waals surface area contributed by atoms with Crippen molar-refractivity contribution in [2.45, 2.75) is 32.7 Å². The third kappa shape index (κ3) is 3.17. The molecule has 1 nitrogen and oxygen atoms in total. The minimum atomic E-state index is 0.168. The summed E-state index contributed by atoms with van der Waals surface area (Å²) in [6.45, 7) is 7.17. The summed E-state index contributed by atoms with van der Waals surface area (Å²) in [7, 11) is 0. The summed E-state index contributed by atoms with van der Waals surface area (Å²) in [5, 5.41) is 0.765. The van der Waals surface area contributed by atoms with E-state index >= 15 is 0 Å². The molecule has 2 aromatic carbocycles. The van der Waals surface area contributed by atoms with Gasteiger partial charge in [0.2, 0.25) is 0 Å². The van der Waals surface area contributed by atoms with Crippen molar-refractivity contribution in [3.05, 3.63) is 58.6 Å². The molecule has 19 heavy (non-hydrogen) atoms. The van der Waals surface area contributed by atoms with Crippen LogP contribution in [0, 0.1) is 0 Å². The molecule has 2 aromatic rings. The molecule has 0 atom stereocenters. The number of rotatable bonds is 2. The van der Waals surface area contributed by atoms with Crippen molar-refractivity contribution in [1.29, 1.82) is 0 Å². The van der Waals surface area contributed by atoms with Crippen LogP contribution in [-0.4, -0.2) is 0 Å².